The van der Waals surface area contributed by atoms with Gasteiger partial charge in [0.15, 0.2) is 0 Å². The normalized spacial score (nSPS) is 17.1. The molecule has 4 aromatic rings. The van der Waals surface area contributed by atoms with Crippen LogP contribution in [0.3, 0.4) is 0 Å². The number of rotatable bonds is 10. The van der Waals surface area contributed by atoms with Crippen molar-refractivity contribution in [3.8, 4) is 6.01 Å². The average Bonchev–Trinajstić information content (AvgIpc) is 3.15. The van der Waals surface area contributed by atoms with E-state index in [0.717, 1.165) is 11.4 Å². The minimum atomic E-state index is -1.57. The topological polar surface area (TPSA) is 142 Å². The van der Waals surface area contributed by atoms with Crippen LogP contribution in [0.2, 0.25) is 0 Å². The minimum absolute atomic E-state index is 0.0517. The predicted octanol–water partition coefficient (Wildman–Crippen LogP) is 4.21. The highest BCUT2D eigenvalue weighted by Gasteiger charge is 2.52. The number of hydrogen-bond donors (Lipinski definition) is 3. The maximum atomic E-state index is 13.7. The number of carboxylic acids is 2. The second-order valence-electron chi connectivity index (χ2n) is 10.2. The van der Waals surface area contributed by atoms with Crippen molar-refractivity contribution in [3.63, 3.8) is 0 Å². The minimum Gasteiger partial charge on any atom is -0.478 e. The molecule has 2 heterocycles. The fraction of sp³-hybridized carbons (Fsp3) is 0.242. The van der Waals surface area contributed by atoms with Crippen molar-refractivity contribution in [1.29, 1.82) is 0 Å². The number of aryl methyl sites for hydroxylation is 2. The molecule has 0 bridgehead atoms. The van der Waals surface area contributed by atoms with Gasteiger partial charge < -0.3 is 19.8 Å². The number of carboxylic acid groups (broad SMARTS) is 2. The molecular formula is C33H32N4O6. The van der Waals surface area contributed by atoms with Crippen LogP contribution in [0, 0.1) is 0 Å². The predicted molar refractivity (Wildman–Crippen MR) is 159 cm³/mol. The average molecular weight is 581 g/mol. The van der Waals surface area contributed by atoms with Gasteiger partial charge in [-0.25, -0.2) is 19.6 Å². The second kappa shape index (κ2) is 12.4. The molecule has 10 heteroatoms. The zero-order valence-electron chi connectivity index (χ0n) is 23.9. The van der Waals surface area contributed by atoms with E-state index in [2.05, 4.69) is 15.3 Å². The molecule has 3 N–H and O–H groups in total. The van der Waals surface area contributed by atoms with Gasteiger partial charge in [-0.1, -0.05) is 74.5 Å². The fourth-order valence-corrected chi connectivity index (χ4v) is 5.41. The third-order valence-corrected chi connectivity index (χ3v) is 7.59. The van der Waals surface area contributed by atoms with Crippen LogP contribution in [0.4, 0.5) is 5.69 Å². The molecule has 0 unspecified atom stereocenters. The van der Waals surface area contributed by atoms with Gasteiger partial charge in [0.1, 0.15) is 5.54 Å². The van der Waals surface area contributed by atoms with Gasteiger partial charge >= 0.3 is 17.9 Å². The maximum absolute atomic E-state index is 13.7. The van der Waals surface area contributed by atoms with Gasteiger partial charge in [-0.2, -0.15) is 0 Å². The summed E-state index contributed by atoms with van der Waals surface area (Å²) in [4.78, 5) is 48.8. The number of hydrogen-bond acceptors (Lipinski definition) is 7. The van der Waals surface area contributed by atoms with Crippen molar-refractivity contribution in [3.05, 3.63) is 119 Å². The number of nitrogens with zero attached hydrogens (tertiary/aromatic N) is 3. The van der Waals surface area contributed by atoms with Crippen LogP contribution in [0.15, 0.2) is 84.9 Å². The zero-order chi connectivity index (χ0) is 30.6. The molecule has 3 aromatic carbocycles. The molecule has 0 saturated heterocycles. The Morgan fingerprint density at radius 1 is 0.930 bits per heavy atom. The smallest absolute Gasteiger partial charge is 0.347 e. The van der Waals surface area contributed by atoms with E-state index in [1.165, 1.54) is 12.1 Å². The molecule has 0 radical (unpaired) electrons. The second-order valence-corrected chi connectivity index (χ2v) is 10.2. The summed E-state index contributed by atoms with van der Waals surface area (Å²) in [6, 6.07) is 24.3. The maximum Gasteiger partial charge on any atom is 0.347 e. The summed E-state index contributed by atoms with van der Waals surface area (Å²) in [6.07, 6.45) is -0.341. The van der Waals surface area contributed by atoms with E-state index < -0.39 is 23.6 Å². The lowest BCUT2D eigenvalue weighted by atomic mass is 9.77. The van der Waals surface area contributed by atoms with Gasteiger partial charge in [-0.3, -0.25) is 10.1 Å². The first-order chi connectivity index (χ1) is 20.8. The van der Waals surface area contributed by atoms with Crippen molar-refractivity contribution in [2.24, 2.45) is 0 Å². The van der Waals surface area contributed by atoms with E-state index in [1.54, 1.807) is 65.6 Å². The highest BCUT2D eigenvalue weighted by molar-refractivity contribution is 5.97. The first kappa shape index (κ1) is 29.4. The van der Waals surface area contributed by atoms with E-state index in [4.69, 9.17) is 4.74 Å². The van der Waals surface area contributed by atoms with E-state index >= 15 is 0 Å². The molecule has 2 atom stereocenters. The van der Waals surface area contributed by atoms with E-state index in [9.17, 15) is 24.6 Å². The third-order valence-electron chi connectivity index (χ3n) is 7.59. The Morgan fingerprint density at radius 3 is 2.16 bits per heavy atom. The van der Waals surface area contributed by atoms with Crippen molar-refractivity contribution in [2.45, 2.75) is 44.9 Å². The highest BCUT2D eigenvalue weighted by atomic mass is 16.5. The number of carbonyl (C=O) groups is 3. The van der Waals surface area contributed by atoms with Crippen molar-refractivity contribution < 1.29 is 29.3 Å². The quantitative estimate of drug-likeness (QED) is 0.251. The van der Waals surface area contributed by atoms with Crippen molar-refractivity contribution >= 4 is 23.5 Å². The summed E-state index contributed by atoms with van der Waals surface area (Å²) in [7, 11) is 0. The summed E-state index contributed by atoms with van der Waals surface area (Å²) in [5, 5.41) is 23.3. The van der Waals surface area contributed by atoms with Crippen LogP contribution in [-0.2, 0) is 34.5 Å². The number of aromatic nitrogens is 2. The number of anilines is 1. The molecule has 0 saturated carbocycles. The summed E-state index contributed by atoms with van der Waals surface area (Å²) in [6.45, 7) is 3.83. The Hall–Kier alpha value is -5.09. The highest BCUT2D eigenvalue weighted by Crippen LogP contribution is 2.42. The number of fused-ring (bicyclic) bond motifs is 1. The molecule has 1 aliphatic heterocycles. The standard InChI is InChI=1S/C33H32N4O6/c1-3-24-18-25(4-2)36-32(35-24)43-29(31(41)42)33(23-10-6-5-7-11-23)26-12-8-9-13-27(26)37(28(38)19-34-33)20-21-14-16-22(17-15-21)30(39)40/h5-18,29,34H,3-4,19-20H2,1-2H3,(H,39,40)(H,41,42)/t29-,33+/m1/s1. The van der Waals surface area contributed by atoms with Gasteiger partial charge in [0.05, 0.1) is 18.7 Å². The molecule has 1 aliphatic rings. The Balaban J connectivity index is 1.67. The first-order valence-corrected chi connectivity index (χ1v) is 14.1. The van der Waals surface area contributed by atoms with Crippen LogP contribution in [0.1, 0.15) is 52.3 Å². The molecular weight excluding hydrogens is 548 g/mol. The number of amides is 1. The molecule has 43 heavy (non-hydrogen) atoms. The molecule has 220 valence electrons. The first-order valence-electron chi connectivity index (χ1n) is 14.1. The Kier molecular flexibility index (Phi) is 8.49. The Bertz CT molecular complexity index is 1620. The Labute approximate surface area is 249 Å². The molecule has 0 fully saturated rings. The van der Waals surface area contributed by atoms with Gasteiger partial charge in [0.25, 0.3) is 0 Å². The number of aliphatic carboxylic acids is 1. The van der Waals surface area contributed by atoms with Crippen LogP contribution >= 0.6 is 0 Å². The monoisotopic (exact) mass is 580 g/mol. The molecule has 10 nitrogen and oxygen atoms in total. The molecule has 1 aromatic heterocycles. The van der Waals surface area contributed by atoms with Gasteiger partial charge in [0.2, 0.25) is 12.0 Å². The molecule has 0 aliphatic carbocycles. The van der Waals surface area contributed by atoms with Crippen LogP contribution in [0.5, 0.6) is 6.01 Å². The number of aromatic carboxylic acids is 1. The zero-order valence-corrected chi connectivity index (χ0v) is 23.9. The number of para-hydroxylation sites is 1. The number of nitrogens with one attached hydrogen (secondary N) is 1. The van der Waals surface area contributed by atoms with E-state index in [0.29, 0.717) is 35.2 Å². The van der Waals surface area contributed by atoms with Crippen LogP contribution < -0.4 is 15.0 Å². The number of carbonyl (C=O) groups excluding carboxylic acids is 1. The lowest BCUT2D eigenvalue weighted by Crippen LogP contribution is -2.58. The van der Waals surface area contributed by atoms with Crippen LogP contribution in [0.25, 0.3) is 0 Å². The van der Waals surface area contributed by atoms with Crippen LogP contribution in [-0.4, -0.2) is 50.7 Å². The van der Waals surface area contributed by atoms with Crippen molar-refractivity contribution in [2.75, 3.05) is 11.4 Å². The fourth-order valence-electron chi connectivity index (χ4n) is 5.41. The SMILES string of the molecule is CCc1cc(CC)nc(O[C@H](C(=O)O)[C@@]2(c3ccccc3)NCC(=O)N(Cc3ccc(C(=O)O)cc3)c3ccccc32)n1. The summed E-state index contributed by atoms with van der Waals surface area (Å²) >= 11 is 0. The number of ether oxygens (including phenoxy) is 1. The van der Waals surface area contributed by atoms with E-state index in [1.807, 2.05) is 26.0 Å². The van der Waals surface area contributed by atoms with Crippen molar-refractivity contribution in [1.82, 2.24) is 15.3 Å². The largest absolute Gasteiger partial charge is 0.478 e. The molecule has 5 rings (SSSR count). The lowest BCUT2D eigenvalue weighted by molar-refractivity contribution is -0.149. The molecule has 1 amide bonds. The summed E-state index contributed by atoms with van der Waals surface area (Å²) < 4.78 is 6.23. The third kappa shape index (κ3) is 5.82. The summed E-state index contributed by atoms with van der Waals surface area (Å²) in [5.74, 6) is -2.60. The summed E-state index contributed by atoms with van der Waals surface area (Å²) in [5.41, 5.74) is 2.37. The van der Waals surface area contributed by atoms with Gasteiger partial charge in [0, 0.05) is 22.6 Å². The van der Waals surface area contributed by atoms with Gasteiger partial charge in [-0.05, 0) is 48.2 Å². The lowest BCUT2D eigenvalue weighted by Gasteiger charge is -2.39. The Morgan fingerprint density at radius 2 is 1.56 bits per heavy atom. The van der Waals surface area contributed by atoms with E-state index in [-0.39, 0.29) is 30.6 Å². The van der Waals surface area contributed by atoms with Gasteiger partial charge in [-0.15, -0.1) is 0 Å². The number of benzene rings is 3. The molecule has 0 spiro atoms.